The number of hydrogen-bond acceptors (Lipinski definition) is 3. The average molecular weight is 361 g/mol. The number of nitrogens with one attached hydrogen (secondary N) is 2. The molecule has 5 heteroatoms. The van der Waals surface area contributed by atoms with E-state index >= 15 is 0 Å². The number of hydrogen-bond donors (Lipinski definition) is 2. The Hall–Kier alpha value is -2.04. The van der Waals surface area contributed by atoms with Crippen LogP contribution in [0.5, 0.6) is 5.75 Å². The number of benzene rings is 2. The monoisotopic (exact) mass is 360 g/mol. The van der Waals surface area contributed by atoms with Gasteiger partial charge in [-0.15, -0.1) is 12.4 Å². The van der Waals surface area contributed by atoms with Crippen LogP contribution >= 0.6 is 12.4 Å². The van der Waals surface area contributed by atoms with Crippen LogP contribution in [0.2, 0.25) is 0 Å². The molecule has 1 fully saturated rings. The molecule has 0 radical (unpaired) electrons. The van der Waals surface area contributed by atoms with E-state index in [0.29, 0.717) is 24.0 Å². The second kappa shape index (κ2) is 9.44. The van der Waals surface area contributed by atoms with E-state index in [4.69, 9.17) is 4.74 Å². The molecule has 2 aromatic rings. The van der Waals surface area contributed by atoms with Crippen LogP contribution < -0.4 is 15.4 Å². The Morgan fingerprint density at radius 2 is 2.00 bits per heavy atom. The molecule has 1 amide bonds. The fourth-order valence-electron chi connectivity index (χ4n) is 2.96. The molecule has 1 aliphatic heterocycles. The maximum atomic E-state index is 12.5. The van der Waals surface area contributed by atoms with Gasteiger partial charge >= 0.3 is 0 Å². The van der Waals surface area contributed by atoms with Crippen LogP contribution in [0.15, 0.2) is 54.6 Å². The van der Waals surface area contributed by atoms with Crippen molar-refractivity contribution in [2.75, 3.05) is 6.54 Å². The third-order valence-electron chi connectivity index (χ3n) is 4.42. The first kappa shape index (κ1) is 19.3. The smallest absolute Gasteiger partial charge is 0.251 e. The molecule has 0 aliphatic carbocycles. The minimum absolute atomic E-state index is 0. The standard InChI is InChI=1S/C20H24N2O2.ClH/c1-15-19(11-6-12-21-15)22-20(23)17-9-5-10-18(13-17)24-14-16-7-3-2-4-8-16;/h2-5,7-10,13,15,19,21H,6,11-12,14H2,1H3,(H,22,23);1H. The average Bonchev–Trinajstić information content (AvgIpc) is 2.63. The Bertz CT molecular complexity index is 678. The Labute approximate surface area is 155 Å². The first-order valence-corrected chi connectivity index (χ1v) is 8.53. The predicted molar refractivity (Wildman–Crippen MR) is 102 cm³/mol. The van der Waals surface area contributed by atoms with Crippen LogP contribution in [0, 0.1) is 0 Å². The molecule has 1 aliphatic rings. The molecule has 0 spiro atoms. The topological polar surface area (TPSA) is 50.4 Å². The highest BCUT2D eigenvalue weighted by molar-refractivity contribution is 5.94. The van der Waals surface area contributed by atoms with E-state index in [2.05, 4.69) is 17.6 Å². The van der Waals surface area contributed by atoms with E-state index in [1.165, 1.54) is 0 Å². The largest absolute Gasteiger partial charge is 0.489 e. The van der Waals surface area contributed by atoms with Gasteiger partial charge in [0.05, 0.1) is 0 Å². The zero-order valence-electron chi connectivity index (χ0n) is 14.4. The van der Waals surface area contributed by atoms with Gasteiger partial charge in [0, 0.05) is 17.6 Å². The van der Waals surface area contributed by atoms with Gasteiger partial charge in [-0.1, -0.05) is 36.4 Å². The van der Waals surface area contributed by atoms with Crippen LogP contribution in [-0.4, -0.2) is 24.5 Å². The summed E-state index contributed by atoms with van der Waals surface area (Å²) in [6, 6.07) is 17.9. The maximum Gasteiger partial charge on any atom is 0.251 e. The normalized spacial score (nSPS) is 19.6. The van der Waals surface area contributed by atoms with Crippen molar-refractivity contribution in [3.05, 3.63) is 65.7 Å². The minimum Gasteiger partial charge on any atom is -0.489 e. The predicted octanol–water partition coefficient (Wildman–Crippen LogP) is 3.56. The van der Waals surface area contributed by atoms with Crippen molar-refractivity contribution in [3.63, 3.8) is 0 Å². The summed E-state index contributed by atoms with van der Waals surface area (Å²) in [7, 11) is 0. The molecule has 2 atom stereocenters. The number of carbonyl (C=O) groups excluding carboxylic acids is 1. The molecule has 1 saturated heterocycles. The van der Waals surface area contributed by atoms with Gasteiger partial charge in [-0.3, -0.25) is 4.79 Å². The summed E-state index contributed by atoms with van der Waals surface area (Å²) in [5, 5.41) is 6.53. The van der Waals surface area contributed by atoms with Gasteiger partial charge in [0.2, 0.25) is 0 Å². The van der Waals surface area contributed by atoms with Gasteiger partial charge in [0.1, 0.15) is 12.4 Å². The fourth-order valence-corrected chi connectivity index (χ4v) is 2.96. The first-order chi connectivity index (χ1) is 11.7. The van der Waals surface area contributed by atoms with Crippen molar-refractivity contribution in [3.8, 4) is 5.75 Å². The zero-order chi connectivity index (χ0) is 16.8. The molecule has 0 aromatic heterocycles. The van der Waals surface area contributed by atoms with Crippen molar-refractivity contribution in [2.45, 2.75) is 38.5 Å². The number of ether oxygens (including phenoxy) is 1. The SMILES string of the molecule is CC1NCCCC1NC(=O)c1cccc(OCc2ccccc2)c1.Cl. The van der Waals surface area contributed by atoms with Gasteiger partial charge in [-0.2, -0.15) is 0 Å². The summed E-state index contributed by atoms with van der Waals surface area (Å²) in [5.74, 6) is 0.669. The number of carbonyl (C=O) groups is 1. The lowest BCUT2D eigenvalue weighted by atomic mass is 9.99. The highest BCUT2D eigenvalue weighted by Crippen LogP contribution is 2.16. The molecule has 0 bridgehead atoms. The van der Waals surface area contributed by atoms with Crippen LogP contribution in [0.4, 0.5) is 0 Å². The number of amides is 1. The summed E-state index contributed by atoms with van der Waals surface area (Å²) >= 11 is 0. The van der Waals surface area contributed by atoms with Crippen LogP contribution in [0.1, 0.15) is 35.7 Å². The molecule has 4 nitrogen and oxygen atoms in total. The number of piperidine rings is 1. The highest BCUT2D eigenvalue weighted by Gasteiger charge is 2.22. The van der Waals surface area contributed by atoms with Crippen LogP contribution in [0.25, 0.3) is 0 Å². The van der Waals surface area contributed by atoms with E-state index in [-0.39, 0.29) is 24.4 Å². The maximum absolute atomic E-state index is 12.5. The summed E-state index contributed by atoms with van der Waals surface area (Å²) in [6.07, 6.45) is 2.11. The van der Waals surface area contributed by atoms with Gasteiger partial charge in [-0.05, 0) is 50.1 Å². The van der Waals surface area contributed by atoms with E-state index in [0.717, 1.165) is 24.9 Å². The van der Waals surface area contributed by atoms with Crippen molar-refractivity contribution in [2.24, 2.45) is 0 Å². The summed E-state index contributed by atoms with van der Waals surface area (Å²) in [4.78, 5) is 12.5. The van der Waals surface area contributed by atoms with Gasteiger partial charge in [0.25, 0.3) is 5.91 Å². The summed E-state index contributed by atoms with van der Waals surface area (Å²) in [6.45, 7) is 3.63. The molecule has 2 unspecified atom stereocenters. The van der Waals surface area contributed by atoms with E-state index in [1.807, 2.05) is 48.5 Å². The minimum atomic E-state index is -0.0410. The molecule has 3 rings (SSSR count). The highest BCUT2D eigenvalue weighted by atomic mass is 35.5. The van der Waals surface area contributed by atoms with Gasteiger partial charge in [0.15, 0.2) is 0 Å². The molecule has 2 aromatic carbocycles. The Kier molecular flexibility index (Phi) is 7.29. The lowest BCUT2D eigenvalue weighted by Gasteiger charge is -2.30. The van der Waals surface area contributed by atoms with Gasteiger partial charge in [-0.25, -0.2) is 0 Å². The third kappa shape index (κ3) is 5.48. The number of rotatable bonds is 5. The quantitative estimate of drug-likeness (QED) is 0.857. The second-order valence-electron chi connectivity index (χ2n) is 6.27. The second-order valence-corrected chi connectivity index (χ2v) is 6.27. The van der Waals surface area contributed by atoms with Crippen molar-refractivity contribution < 1.29 is 9.53 Å². The zero-order valence-corrected chi connectivity index (χ0v) is 15.2. The molecule has 2 N–H and O–H groups in total. The Balaban J connectivity index is 0.00000225. The van der Waals surface area contributed by atoms with E-state index < -0.39 is 0 Å². The Morgan fingerprint density at radius 3 is 2.76 bits per heavy atom. The van der Waals surface area contributed by atoms with E-state index in [9.17, 15) is 4.79 Å². The fraction of sp³-hybridized carbons (Fsp3) is 0.350. The van der Waals surface area contributed by atoms with Crippen molar-refractivity contribution >= 4 is 18.3 Å². The molecule has 1 heterocycles. The molecule has 0 saturated carbocycles. The first-order valence-electron chi connectivity index (χ1n) is 8.53. The van der Waals surface area contributed by atoms with Crippen LogP contribution in [0.3, 0.4) is 0 Å². The van der Waals surface area contributed by atoms with Crippen molar-refractivity contribution in [1.82, 2.24) is 10.6 Å². The summed E-state index contributed by atoms with van der Waals surface area (Å²) < 4.78 is 5.80. The van der Waals surface area contributed by atoms with Gasteiger partial charge < -0.3 is 15.4 Å². The lowest BCUT2D eigenvalue weighted by molar-refractivity contribution is 0.0919. The molecular formula is C20H25ClN2O2. The molecule has 25 heavy (non-hydrogen) atoms. The van der Waals surface area contributed by atoms with Crippen LogP contribution in [-0.2, 0) is 6.61 Å². The molecule has 134 valence electrons. The third-order valence-corrected chi connectivity index (χ3v) is 4.42. The van der Waals surface area contributed by atoms with Crippen molar-refractivity contribution in [1.29, 1.82) is 0 Å². The molecular weight excluding hydrogens is 336 g/mol. The summed E-state index contributed by atoms with van der Waals surface area (Å²) in [5.41, 5.74) is 1.74. The Morgan fingerprint density at radius 1 is 1.20 bits per heavy atom. The number of halogens is 1. The van der Waals surface area contributed by atoms with E-state index in [1.54, 1.807) is 6.07 Å². The lowest BCUT2D eigenvalue weighted by Crippen LogP contribution is -2.51.